The van der Waals surface area contributed by atoms with Gasteiger partial charge in [-0.1, -0.05) is 145 Å². The zero-order valence-corrected chi connectivity index (χ0v) is 39.6. The van der Waals surface area contributed by atoms with Crippen LogP contribution in [0.4, 0.5) is 22.7 Å². The molecule has 0 N–H and O–H groups in total. The van der Waals surface area contributed by atoms with Crippen LogP contribution in [0.15, 0.2) is 164 Å². The van der Waals surface area contributed by atoms with Crippen molar-refractivity contribution in [1.29, 1.82) is 0 Å². The molecule has 5 nitrogen and oxygen atoms in total. The maximum atomic E-state index is 6.97. The quantitative estimate of drug-likeness (QED) is 0.135. The van der Waals surface area contributed by atoms with Crippen LogP contribution in [0.5, 0.6) is 11.5 Å². The number of benzene rings is 7. The van der Waals surface area contributed by atoms with Crippen LogP contribution < -0.4 is 14.5 Å². The molecule has 3 heterocycles. The van der Waals surface area contributed by atoms with Gasteiger partial charge in [-0.05, 0) is 98.5 Å². The van der Waals surface area contributed by atoms with E-state index in [1.165, 1.54) is 22.3 Å². The van der Waals surface area contributed by atoms with Gasteiger partial charge in [-0.2, -0.15) is 6.07 Å². The van der Waals surface area contributed by atoms with Crippen molar-refractivity contribution in [3.8, 4) is 39.6 Å². The Kier molecular flexibility index (Phi) is 11.6. The molecule has 0 unspecified atom stereocenters. The molecule has 0 bridgehead atoms. The van der Waals surface area contributed by atoms with E-state index in [0.717, 1.165) is 67.1 Å². The van der Waals surface area contributed by atoms with Crippen LogP contribution in [0, 0.1) is 18.8 Å². The van der Waals surface area contributed by atoms with E-state index in [-0.39, 0.29) is 26.5 Å². The molecule has 0 radical (unpaired) electrons. The Balaban J connectivity index is 0.00000518. The van der Waals surface area contributed by atoms with Crippen LogP contribution in [0.25, 0.3) is 49.9 Å². The first-order valence-corrected chi connectivity index (χ1v) is 22.0. The van der Waals surface area contributed by atoms with Crippen molar-refractivity contribution in [2.24, 2.45) is 0 Å². The monoisotopic (exact) mass is 1010 g/mol. The Morgan fingerprint density at radius 1 is 0.578 bits per heavy atom. The Hall–Kier alpha value is -6.42. The predicted octanol–water partition coefficient (Wildman–Crippen LogP) is 15.9. The minimum absolute atomic E-state index is 0. The van der Waals surface area contributed by atoms with Crippen LogP contribution in [0.3, 0.4) is 0 Å². The third-order valence-electron chi connectivity index (χ3n) is 12.3. The number of fused-ring (bicyclic) bond motifs is 4. The van der Waals surface area contributed by atoms with E-state index in [1.54, 1.807) is 0 Å². The number of pyridine rings is 1. The first kappa shape index (κ1) is 42.9. The Bertz CT molecular complexity index is 3100. The SMILES string of the molecule is CC(C)c1cccc(C(C)C)c1-c1cc(Oc2[c-]c3c(cc2)c2ccccc2n3-c2cc(-c3ccc(C(C)(C)C)cc3)ccn2)[c-]c(N2[CH-]N(c3ccccc3)c3ccccc32)c1.[Pt]. The fourth-order valence-electron chi connectivity index (χ4n) is 9.01. The summed E-state index contributed by atoms with van der Waals surface area (Å²) in [5.74, 6) is 2.65. The number of anilines is 4. The second kappa shape index (κ2) is 17.3. The van der Waals surface area contributed by atoms with E-state index in [9.17, 15) is 0 Å². The largest absolute Gasteiger partial charge is 0.509 e. The predicted molar refractivity (Wildman–Crippen MR) is 262 cm³/mol. The maximum Gasteiger partial charge on any atom is 0.136 e. The van der Waals surface area contributed by atoms with Crippen molar-refractivity contribution < 1.29 is 25.8 Å². The molecule has 64 heavy (non-hydrogen) atoms. The van der Waals surface area contributed by atoms with Gasteiger partial charge in [-0.15, -0.1) is 53.6 Å². The van der Waals surface area contributed by atoms with Crippen LogP contribution in [0.2, 0.25) is 0 Å². The molecule has 10 rings (SSSR count). The first-order chi connectivity index (χ1) is 30.5. The molecular formula is C58H51N4OPt-3. The molecule has 0 saturated carbocycles. The number of nitrogens with zero attached hydrogens (tertiary/aromatic N) is 4. The van der Waals surface area contributed by atoms with Crippen molar-refractivity contribution in [3.05, 3.63) is 199 Å². The van der Waals surface area contributed by atoms with E-state index < -0.39 is 0 Å². The third-order valence-corrected chi connectivity index (χ3v) is 12.3. The molecular weight excluding hydrogens is 964 g/mol. The van der Waals surface area contributed by atoms with Gasteiger partial charge < -0.3 is 19.1 Å². The molecule has 0 fully saturated rings. The van der Waals surface area contributed by atoms with Crippen molar-refractivity contribution >= 4 is 44.6 Å². The van der Waals surface area contributed by atoms with Crippen LogP contribution >= 0.6 is 0 Å². The van der Waals surface area contributed by atoms with Crippen molar-refractivity contribution in [3.63, 3.8) is 0 Å². The molecule has 0 amide bonds. The number of hydrogen-bond acceptors (Lipinski definition) is 4. The summed E-state index contributed by atoms with van der Waals surface area (Å²) in [7, 11) is 0. The average molecular weight is 1020 g/mol. The first-order valence-electron chi connectivity index (χ1n) is 22.0. The average Bonchev–Trinajstić information content (AvgIpc) is 3.85. The van der Waals surface area contributed by atoms with Gasteiger partial charge in [0.2, 0.25) is 0 Å². The van der Waals surface area contributed by atoms with Crippen LogP contribution in [0.1, 0.15) is 77.0 Å². The molecule has 7 aromatic carbocycles. The van der Waals surface area contributed by atoms with Gasteiger partial charge in [-0.25, -0.2) is 4.98 Å². The van der Waals surface area contributed by atoms with Gasteiger partial charge in [0.1, 0.15) is 5.82 Å². The number of aromatic nitrogens is 2. The standard InChI is InChI=1S/C58H51N4O.Pt/c1-38(2)48-19-15-20-49(39(3)4)57(48)42-32-45(61-37-60(44-16-9-8-10-17-44)53-22-13-14-23-54(53)61)35-47(33-42)63-46-28-29-51-50-18-11-12-21-52(50)62(55(51)36-46)56-34-41(30-31-59-56)40-24-26-43(27-25-40)58(5,6)7;/h8-34,37-39H,1-7H3;/q-3;. The van der Waals surface area contributed by atoms with E-state index in [2.05, 4.69) is 233 Å². The summed E-state index contributed by atoms with van der Waals surface area (Å²) >= 11 is 0. The molecule has 1 aliphatic heterocycles. The summed E-state index contributed by atoms with van der Waals surface area (Å²) in [5.41, 5.74) is 14.7. The van der Waals surface area contributed by atoms with Crippen molar-refractivity contribution in [2.45, 2.75) is 65.7 Å². The van der Waals surface area contributed by atoms with Gasteiger partial charge in [0.15, 0.2) is 0 Å². The summed E-state index contributed by atoms with van der Waals surface area (Å²) in [6.07, 6.45) is 1.90. The second-order valence-corrected chi connectivity index (χ2v) is 18.2. The molecule has 2 aromatic heterocycles. The molecule has 0 saturated heterocycles. The van der Waals surface area contributed by atoms with E-state index in [1.807, 2.05) is 12.3 Å². The summed E-state index contributed by atoms with van der Waals surface area (Å²) in [6, 6.07) is 63.4. The van der Waals surface area contributed by atoms with Crippen molar-refractivity contribution in [2.75, 3.05) is 9.80 Å². The van der Waals surface area contributed by atoms with Crippen LogP contribution in [-0.2, 0) is 26.5 Å². The zero-order valence-electron chi connectivity index (χ0n) is 37.3. The molecule has 0 spiro atoms. The normalized spacial score (nSPS) is 12.6. The Morgan fingerprint density at radius 2 is 1.25 bits per heavy atom. The molecule has 9 aromatic rings. The van der Waals surface area contributed by atoms with Gasteiger partial charge in [0.05, 0.1) is 0 Å². The summed E-state index contributed by atoms with van der Waals surface area (Å²) in [4.78, 5) is 9.42. The topological polar surface area (TPSA) is 33.5 Å². The van der Waals surface area contributed by atoms with Gasteiger partial charge in [0, 0.05) is 61.3 Å². The molecule has 6 heteroatoms. The summed E-state index contributed by atoms with van der Waals surface area (Å²) in [6.45, 7) is 18.0. The van der Waals surface area contributed by atoms with E-state index in [4.69, 9.17) is 9.72 Å². The zero-order chi connectivity index (χ0) is 43.4. The number of ether oxygens (including phenoxy) is 1. The van der Waals surface area contributed by atoms with Gasteiger partial charge in [-0.3, -0.25) is 0 Å². The van der Waals surface area contributed by atoms with Gasteiger partial charge >= 0.3 is 0 Å². The minimum atomic E-state index is 0. The van der Waals surface area contributed by atoms with E-state index in [0.29, 0.717) is 23.3 Å². The maximum absolute atomic E-state index is 6.97. The number of rotatable bonds is 9. The van der Waals surface area contributed by atoms with Crippen molar-refractivity contribution in [1.82, 2.24) is 9.55 Å². The smallest absolute Gasteiger partial charge is 0.136 e. The minimum Gasteiger partial charge on any atom is -0.509 e. The fraction of sp³-hybridized carbons (Fsp3) is 0.172. The van der Waals surface area contributed by atoms with E-state index >= 15 is 0 Å². The third kappa shape index (κ3) is 7.92. The Morgan fingerprint density at radius 3 is 1.95 bits per heavy atom. The molecule has 322 valence electrons. The molecule has 1 aliphatic rings. The fourth-order valence-corrected chi connectivity index (χ4v) is 9.01. The van der Waals surface area contributed by atoms with Gasteiger partial charge in [0.25, 0.3) is 0 Å². The number of para-hydroxylation sites is 4. The summed E-state index contributed by atoms with van der Waals surface area (Å²) < 4.78 is 9.18. The van der Waals surface area contributed by atoms with Crippen LogP contribution in [-0.4, -0.2) is 9.55 Å². The number of hydrogen-bond donors (Lipinski definition) is 0. The Labute approximate surface area is 392 Å². The second-order valence-electron chi connectivity index (χ2n) is 18.2. The molecule has 0 aliphatic carbocycles. The molecule has 0 atom stereocenters. The summed E-state index contributed by atoms with van der Waals surface area (Å²) in [5, 5.41) is 2.21.